The molecule has 1 fully saturated rings. The predicted molar refractivity (Wildman–Crippen MR) is 181 cm³/mol. The molecular formula is C37H44ClN5. The van der Waals surface area contributed by atoms with Crippen LogP contribution in [0.2, 0.25) is 5.02 Å². The molecule has 3 aliphatic rings. The minimum atomic E-state index is 0.335. The smallest absolute Gasteiger partial charge is 0.137 e. The van der Waals surface area contributed by atoms with E-state index in [0.717, 1.165) is 73.7 Å². The predicted octanol–water partition coefficient (Wildman–Crippen LogP) is 7.91. The van der Waals surface area contributed by atoms with Crippen molar-refractivity contribution in [2.45, 2.75) is 46.0 Å². The second-order valence-electron chi connectivity index (χ2n) is 13.0. The number of H-pyrrole nitrogens is 1. The number of hydrogen-bond donors (Lipinski definition) is 2. The molecule has 6 rings (SSSR count). The number of halogens is 1. The van der Waals surface area contributed by atoms with E-state index in [0.29, 0.717) is 5.41 Å². The van der Waals surface area contributed by atoms with Crippen LogP contribution in [0.4, 0.5) is 0 Å². The summed E-state index contributed by atoms with van der Waals surface area (Å²) in [7, 11) is 1.95. The molecule has 0 radical (unpaired) electrons. The SMILES string of the molecule is C=C(NC)C1=CCC=C(N2CCN(CC3=C(c4ccc(Cl)cc4)CC(C)(C)CC3)CC2)C=C1Cc1cnc2[nH]ccc2c1. The van der Waals surface area contributed by atoms with Crippen molar-refractivity contribution in [2.24, 2.45) is 5.41 Å². The average Bonchev–Trinajstić information content (AvgIpc) is 3.37. The zero-order valence-corrected chi connectivity index (χ0v) is 26.6. The number of fused-ring (bicyclic) bond motifs is 1. The molecule has 2 aliphatic carbocycles. The lowest BCUT2D eigenvalue weighted by Crippen LogP contribution is -2.46. The lowest BCUT2D eigenvalue weighted by atomic mass is 9.72. The number of pyridine rings is 1. The van der Waals surface area contributed by atoms with Crippen molar-refractivity contribution in [3.05, 3.63) is 118 Å². The molecule has 0 spiro atoms. The zero-order chi connectivity index (χ0) is 30.0. The van der Waals surface area contributed by atoms with Crippen LogP contribution in [0.3, 0.4) is 0 Å². The molecule has 0 bridgehead atoms. The third kappa shape index (κ3) is 6.84. The minimum absolute atomic E-state index is 0.335. The van der Waals surface area contributed by atoms with Gasteiger partial charge in [0.1, 0.15) is 5.65 Å². The molecule has 224 valence electrons. The summed E-state index contributed by atoms with van der Waals surface area (Å²) in [5.41, 5.74) is 11.7. The summed E-state index contributed by atoms with van der Waals surface area (Å²) in [5.74, 6) is 0. The number of hydrogen-bond acceptors (Lipinski definition) is 4. The number of piperazine rings is 1. The van der Waals surface area contributed by atoms with Crippen molar-refractivity contribution in [3.8, 4) is 0 Å². The summed E-state index contributed by atoms with van der Waals surface area (Å²) < 4.78 is 0. The highest BCUT2D eigenvalue weighted by Crippen LogP contribution is 2.43. The van der Waals surface area contributed by atoms with E-state index in [-0.39, 0.29) is 0 Å². The maximum absolute atomic E-state index is 6.23. The number of likely N-dealkylation sites (N-methyl/N-ethyl adjacent to an activating group) is 1. The molecule has 43 heavy (non-hydrogen) atoms. The van der Waals surface area contributed by atoms with Crippen LogP contribution in [0, 0.1) is 5.41 Å². The number of aromatic nitrogens is 2. The van der Waals surface area contributed by atoms with Gasteiger partial charge in [0.25, 0.3) is 0 Å². The topological polar surface area (TPSA) is 47.2 Å². The highest BCUT2D eigenvalue weighted by atomic mass is 35.5. The first-order valence-corrected chi connectivity index (χ1v) is 16.0. The van der Waals surface area contributed by atoms with Crippen LogP contribution in [-0.2, 0) is 6.42 Å². The summed E-state index contributed by atoms with van der Waals surface area (Å²) >= 11 is 6.23. The summed E-state index contributed by atoms with van der Waals surface area (Å²) in [5, 5.41) is 5.24. The van der Waals surface area contributed by atoms with Crippen molar-refractivity contribution in [3.63, 3.8) is 0 Å². The Morgan fingerprint density at radius 1 is 1.09 bits per heavy atom. The quantitative estimate of drug-likeness (QED) is 0.278. The van der Waals surface area contributed by atoms with E-state index in [1.165, 1.54) is 46.4 Å². The van der Waals surface area contributed by atoms with Gasteiger partial charge in [-0.15, -0.1) is 0 Å². The van der Waals surface area contributed by atoms with Crippen molar-refractivity contribution < 1.29 is 0 Å². The molecule has 3 heterocycles. The molecule has 1 aliphatic heterocycles. The van der Waals surface area contributed by atoms with Gasteiger partial charge in [-0.25, -0.2) is 4.98 Å². The number of nitrogens with one attached hydrogen (secondary N) is 2. The van der Waals surface area contributed by atoms with Gasteiger partial charge in [-0.05, 0) is 95.7 Å². The Labute approximate surface area is 261 Å². The molecule has 5 nitrogen and oxygen atoms in total. The molecule has 3 aromatic rings. The van der Waals surface area contributed by atoms with E-state index in [1.54, 1.807) is 5.57 Å². The molecule has 0 amide bonds. The fraction of sp³-hybridized carbons (Fsp3) is 0.378. The second-order valence-corrected chi connectivity index (χ2v) is 13.4. The van der Waals surface area contributed by atoms with Gasteiger partial charge < -0.3 is 15.2 Å². The van der Waals surface area contributed by atoms with Crippen molar-refractivity contribution in [1.82, 2.24) is 25.1 Å². The maximum Gasteiger partial charge on any atom is 0.137 e. The van der Waals surface area contributed by atoms with Crippen LogP contribution < -0.4 is 5.32 Å². The fourth-order valence-corrected chi connectivity index (χ4v) is 6.89. The van der Waals surface area contributed by atoms with Crippen molar-refractivity contribution >= 4 is 28.2 Å². The molecule has 1 saturated heterocycles. The average molecular weight is 594 g/mol. The number of benzene rings is 1. The molecule has 0 saturated carbocycles. The molecular weight excluding hydrogens is 550 g/mol. The lowest BCUT2D eigenvalue weighted by molar-refractivity contribution is 0.169. The van der Waals surface area contributed by atoms with E-state index in [2.05, 4.69) is 88.0 Å². The van der Waals surface area contributed by atoms with Gasteiger partial charge in [-0.3, -0.25) is 4.90 Å². The highest BCUT2D eigenvalue weighted by Gasteiger charge is 2.29. The minimum Gasteiger partial charge on any atom is -0.388 e. The number of nitrogens with zero attached hydrogens (tertiary/aromatic N) is 3. The van der Waals surface area contributed by atoms with Gasteiger partial charge in [0.15, 0.2) is 0 Å². The summed E-state index contributed by atoms with van der Waals surface area (Å²) in [6.45, 7) is 14.4. The first-order chi connectivity index (χ1) is 20.8. The van der Waals surface area contributed by atoms with E-state index >= 15 is 0 Å². The summed E-state index contributed by atoms with van der Waals surface area (Å²) in [6.07, 6.45) is 16.3. The number of aromatic amines is 1. The zero-order valence-electron chi connectivity index (χ0n) is 25.8. The largest absolute Gasteiger partial charge is 0.388 e. The first-order valence-electron chi connectivity index (χ1n) is 15.6. The van der Waals surface area contributed by atoms with Crippen LogP contribution in [0.25, 0.3) is 16.6 Å². The second kappa shape index (κ2) is 12.6. The van der Waals surface area contributed by atoms with Gasteiger partial charge in [0.05, 0.1) is 0 Å². The number of allylic oxidation sites excluding steroid dienone is 5. The van der Waals surface area contributed by atoms with E-state index in [1.807, 2.05) is 31.6 Å². The summed E-state index contributed by atoms with van der Waals surface area (Å²) in [4.78, 5) is 13.1. The van der Waals surface area contributed by atoms with E-state index in [9.17, 15) is 0 Å². The Balaban J connectivity index is 1.17. The van der Waals surface area contributed by atoms with Crippen LogP contribution in [-0.4, -0.2) is 59.5 Å². The molecule has 0 atom stereocenters. The van der Waals surface area contributed by atoms with Gasteiger partial charge >= 0.3 is 0 Å². The van der Waals surface area contributed by atoms with Gasteiger partial charge in [-0.2, -0.15) is 0 Å². The lowest BCUT2D eigenvalue weighted by Gasteiger charge is -2.39. The standard InChI is InChI=1S/C37H44ClN5/c1-26(39-4)34-7-5-6-33(22-31(34)21-27-20-29-13-15-40-36(29)41-24-27)43-18-16-42(17-19-43)25-30-12-14-37(2,3)23-35(30)28-8-10-32(38)11-9-28/h6-11,13,15,20,22,24,39H,1,5,12,14,16-19,21,23,25H2,2-4H3,(H,40,41). The number of rotatable bonds is 8. The van der Waals surface area contributed by atoms with Crippen LogP contribution >= 0.6 is 11.6 Å². The Hall–Kier alpha value is -3.54. The Morgan fingerprint density at radius 3 is 2.65 bits per heavy atom. The van der Waals surface area contributed by atoms with Crippen molar-refractivity contribution in [1.29, 1.82) is 0 Å². The van der Waals surface area contributed by atoms with Gasteiger partial charge in [-0.1, -0.05) is 61.9 Å². The van der Waals surface area contributed by atoms with Crippen LogP contribution in [0.5, 0.6) is 0 Å². The molecule has 0 unspecified atom stereocenters. The maximum atomic E-state index is 6.23. The molecule has 2 N–H and O–H groups in total. The van der Waals surface area contributed by atoms with E-state index < -0.39 is 0 Å². The highest BCUT2D eigenvalue weighted by molar-refractivity contribution is 6.30. The van der Waals surface area contributed by atoms with Crippen LogP contribution in [0.1, 0.15) is 50.7 Å². The Bertz CT molecular complexity index is 1610. The van der Waals surface area contributed by atoms with Crippen LogP contribution in [0.15, 0.2) is 102 Å². The molecule has 1 aromatic carbocycles. The Kier molecular flexibility index (Phi) is 8.65. The first kappa shape index (κ1) is 29.5. The monoisotopic (exact) mass is 593 g/mol. The fourth-order valence-electron chi connectivity index (χ4n) is 6.76. The Morgan fingerprint density at radius 2 is 1.88 bits per heavy atom. The normalized spacial score (nSPS) is 19.5. The third-order valence-corrected chi connectivity index (χ3v) is 9.58. The van der Waals surface area contributed by atoms with E-state index in [4.69, 9.17) is 11.6 Å². The van der Waals surface area contributed by atoms with Gasteiger partial charge in [0.2, 0.25) is 0 Å². The molecule has 2 aromatic heterocycles. The third-order valence-electron chi connectivity index (χ3n) is 9.33. The van der Waals surface area contributed by atoms with Gasteiger partial charge in [0, 0.05) is 74.0 Å². The van der Waals surface area contributed by atoms with Crippen molar-refractivity contribution in [2.75, 3.05) is 39.8 Å². The molecule has 6 heteroatoms. The summed E-state index contributed by atoms with van der Waals surface area (Å²) in [6, 6.07) is 12.8.